The normalized spacial score (nSPS) is 10.7. The number of esters is 1. The summed E-state index contributed by atoms with van der Waals surface area (Å²) >= 11 is 4.92. The fourth-order valence-electron chi connectivity index (χ4n) is 1.94. The highest BCUT2D eigenvalue weighted by Crippen LogP contribution is 2.22. The lowest BCUT2D eigenvalue weighted by atomic mass is 10.2. The Bertz CT molecular complexity index is 734. The molecule has 1 heterocycles. The highest BCUT2D eigenvalue weighted by Gasteiger charge is 2.08. The highest BCUT2D eigenvalue weighted by atomic mass is 79.9. The van der Waals surface area contributed by atoms with E-state index in [-0.39, 0.29) is 19.0 Å². The molecule has 0 aliphatic rings. The quantitative estimate of drug-likeness (QED) is 0.648. The largest absolute Gasteiger partial charge is 0.458 e. The molecule has 0 amide bonds. The molecule has 1 aromatic heterocycles. The average Bonchev–Trinajstić information content (AvgIpc) is 2.90. The Balaban J connectivity index is 1.59. The summed E-state index contributed by atoms with van der Waals surface area (Å²) in [5.41, 5.74) is 1.88. The van der Waals surface area contributed by atoms with Crippen molar-refractivity contribution in [2.45, 2.75) is 13.0 Å². The lowest BCUT2D eigenvalue weighted by molar-refractivity contribution is -0.144. The molecule has 0 fully saturated rings. The molecular formula is C16H12BrNO2S. The van der Waals surface area contributed by atoms with Crippen molar-refractivity contribution < 1.29 is 9.53 Å². The fourth-order valence-corrected chi connectivity index (χ4v) is 3.09. The fraction of sp³-hybridized carbons (Fsp3) is 0.125. The van der Waals surface area contributed by atoms with Gasteiger partial charge in [-0.3, -0.25) is 4.79 Å². The van der Waals surface area contributed by atoms with E-state index >= 15 is 0 Å². The SMILES string of the molecule is O=C(Cc1ccc(Br)cc1)OCc1nc2ccccc2s1. The van der Waals surface area contributed by atoms with Crippen LogP contribution in [0.15, 0.2) is 53.0 Å². The van der Waals surface area contributed by atoms with Gasteiger partial charge in [0.2, 0.25) is 0 Å². The molecule has 106 valence electrons. The van der Waals surface area contributed by atoms with Gasteiger partial charge in [0.05, 0.1) is 16.6 Å². The van der Waals surface area contributed by atoms with Crippen molar-refractivity contribution in [1.82, 2.24) is 4.98 Å². The Morgan fingerprint density at radius 2 is 1.90 bits per heavy atom. The number of halogens is 1. The average molecular weight is 362 g/mol. The highest BCUT2D eigenvalue weighted by molar-refractivity contribution is 9.10. The topological polar surface area (TPSA) is 39.2 Å². The van der Waals surface area contributed by atoms with Crippen molar-refractivity contribution in [2.75, 3.05) is 0 Å². The van der Waals surface area contributed by atoms with Crippen LogP contribution in [-0.4, -0.2) is 11.0 Å². The summed E-state index contributed by atoms with van der Waals surface area (Å²) in [4.78, 5) is 16.3. The zero-order valence-corrected chi connectivity index (χ0v) is 13.5. The molecule has 2 aromatic carbocycles. The molecular weight excluding hydrogens is 350 g/mol. The van der Waals surface area contributed by atoms with Crippen LogP contribution in [0.2, 0.25) is 0 Å². The van der Waals surface area contributed by atoms with E-state index in [0.29, 0.717) is 0 Å². The molecule has 0 bridgehead atoms. The molecule has 0 radical (unpaired) electrons. The molecule has 0 saturated heterocycles. The zero-order valence-electron chi connectivity index (χ0n) is 11.1. The Morgan fingerprint density at radius 1 is 1.14 bits per heavy atom. The number of rotatable bonds is 4. The smallest absolute Gasteiger partial charge is 0.310 e. The third kappa shape index (κ3) is 3.68. The number of nitrogens with zero attached hydrogens (tertiary/aromatic N) is 1. The lowest BCUT2D eigenvalue weighted by Gasteiger charge is -2.03. The van der Waals surface area contributed by atoms with Gasteiger partial charge in [-0.2, -0.15) is 0 Å². The van der Waals surface area contributed by atoms with Crippen LogP contribution < -0.4 is 0 Å². The molecule has 0 N–H and O–H groups in total. The van der Waals surface area contributed by atoms with Gasteiger partial charge in [0, 0.05) is 4.47 Å². The first-order chi connectivity index (χ1) is 10.2. The molecule has 0 saturated carbocycles. The number of hydrogen-bond acceptors (Lipinski definition) is 4. The number of aromatic nitrogens is 1. The van der Waals surface area contributed by atoms with Crippen LogP contribution in [0.25, 0.3) is 10.2 Å². The van der Waals surface area contributed by atoms with E-state index in [9.17, 15) is 4.79 Å². The Kier molecular flexibility index (Phi) is 4.31. The Hall–Kier alpha value is -1.72. The van der Waals surface area contributed by atoms with E-state index in [1.54, 1.807) is 11.3 Å². The number of ether oxygens (including phenoxy) is 1. The van der Waals surface area contributed by atoms with Crippen molar-refractivity contribution in [1.29, 1.82) is 0 Å². The van der Waals surface area contributed by atoms with Gasteiger partial charge < -0.3 is 4.74 Å². The molecule has 21 heavy (non-hydrogen) atoms. The van der Waals surface area contributed by atoms with Crippen LogP contribution in [-0.2, 0) is 22.6 Å². The predicted octanol–water partition coefficient (Wildman–Crippen LogP) is 4.34. The third-order valence-electron chi connectivity index (χ3n) is 2.96. The summed E-state index contributed by atoms with van der Waals surface area (Å²) < 4.78 is 7.39. The number of benzene rings is 2. The standard InChI is InChI=1S/C16H12BrNO2S/c17-12-7-5-11(6-8-12)9-16(19)20-10-15-18-13-3-1-2-4-14(13)21-15/h1-8H,9-10H2. The molecule has 3 aromatic rings. The summed E-state index contributed by atoms with van der Waals surface area (Å²) in [5, 5.41) is 0.820. The van der Waals surface area contributed by atoms with E-state index in [0.717, 1.165) is 25.3 Å². The summed E-state index contributed by atoms with van der Waals surface area (Å²) in [6.07, 6.45) is 0.276. The number of para-hydroxylation sites is 1. The van der Waals surface area contributed by atoms with Gasteiger partial charge in [0.25, 0.3) is 0 Å². The Morgan fingerprint density at radius 3 is 2.67 bits per heavy atom. The number of hydrogen-bond donors (Lipinski definition) is 0. The molecule has 0 unspecified atom stereocenters. The summed E-state index contributed by atoms with van der Waals surface area (Å²) in [6, 6.07) is 15.5. The molecule has 0 atom stereocenters. The summed E-state index contributed by atoms with van der Waals surface area (Å²) in [7, 11) is 0. The minimum Gasteiger partial charge on any atom is -0.458 e. The minimum absolute atomic E-state index is 0.231. The third-order valence-corrected chi connectivity index (χ3v) is 4.50. The van der Waals surface area contributed by atoms with Gasteiger partial charge in [-0.25, -0.2) is 4.98 Å². The van der Waals surface area contributed by atoms with E-state index in [1.165, 1.54) is 0 Å². The van der Waals surface area contributed by atoms with E-state index in [4.69, 9.17) is 4.74 Å². The van der Waals surface area contributed by atoms with Crippen molar-refractivity contribution in [2.24, 2.45) is 0 Å². The zero-order chi connectivity index (χ0) is 14.7. The maximum atomic E-state index is 11.8. The van der Waals surface area contributed by atoms with Crippen LogP contribution in [0.4, 0.5) is 0 Å². The molecule has 0 aliphatic carbocycles. The molecule has 3 rings (SSSR count). The van der Waals surface area contributed by atoms with Crippen LogP contribution in [0.1, 0.15) is 10.6 Å². The summed E-state index contributed by atoms with van der Waals surface area (Å²) in [5.74, 6) is -0.239. The first kappa shape index (κ1) is 14.2. The molecule has 5 heteroatoms. The van der Waals surface area contributed by atoms with Crippen LogP contribution in [0.5, 0.6) is 0 Å². The van der Waals surface area contributed by atoms with E-state index in [2.05, 4.69) is 20.9 Å². The molecule has 3 nitrogen and oxygen atoms in total. The number of fused-ring (bicyclic) bond motifs is 1. The van der Waals surface area contributed by atoms with Gasteiger partial charge in [-0.1, -0.05) is 40.2 Å². The maximum absolute atomic E-state index is 11.8. The van der Waals surface area contributed by atoms with Crippen LogP contribution in [0.3, 0.4) is 0 Å². The van der Waals surface area contributed by atoms with E-state index in [1.807, 2.05) is 48.5 Å². The number of carbonyl (C=O) groups excluding carboxylic acids is 1. The second kappa shape index (κ2) is 6.37. The van der Waals surface area contributed by atoms with Crippen molar-refractivity contribution in [3.63, 3.8) is 0 Å². The molecule has 0 spiro atoms. The summed E-state index contributed by atoms with van der Waals surface area (Å²) in [6.45, 7) is 0.231. The van der Waals surface area contributed by atoms with E-state index < -0.39 is 0 Å². The first-order valence-corrected chi connectivity index (χ1v) is 8.06. The Labute approximate surface area is 134 Å². The maximum Gasteiger partial charge on any atom is 0.310 e. The number of thiazole rings is 1. The van der Waals surface area contributed by atoms with Crippen molar-refractivity contribution >= 4 is 43.5 Å². The van der Waals surface area contributed by atoms with Crippen molar-refractivity contribution in [3.05, 3.63) is 63.6 Å². The number of carbonyl (C=O) groups is 1. The second-order valence-electron chi connectivity index (χ2n) is 4.54. The van der Waals surface area contributed by atoms with Crippen LogP contribution in [0, 0.1) is 0 Å². The van der Waals surface area contributed by atoms with Crippen molar-refractivity contribution in [3.8, 4) is 0 Å². The van der Waals surface area contributed by atoms with Gasteiger partial charge in [0.1, 0.15) is 11.6 Å². The van der Waals surface area contributed by atoms with Gasteiger partial charge in [0.15, 0.2) is 0 Å². The van der Waals surface area contributed by atoms with Gasteiger partial charge >= 0.3 is 5.97 Å². The first-order valence-electron chi connectivity index (χ1n) is 6.45. The van der Waals surface area contributed by atoms with Gasteiger partial charge in [-0.15, -0.1) is 11.3 Å². The minimum atomic E-state index is -0.239. The second-order valence-corrected chi connectivity index (χ2v) is 6.57. The monoisotopic (exact) mass is 361 g/mol. The lowest BCUT2D eigenvalue weighted by Crippen LogP contribution is -2.07. The van der Waals surface area contributed by atoms with Gasteiger partial charge in [-0.05, 0) is 29.8 Å². The van der Waals surface area contributed by atoms with Crippen LogP contribution >= 0.6 is 27.3 Å². The molecule has 0 aliphatic heterocycles. The predicted molar refractivity (Wildman–Crippen MR) is 87.3 cm³/mol.